The Morgan fingerprint density at radius 2 is 2.73 bits per heavy atom. The summed E-state index contributed by atoms with van der Waals surface area (Å²) in [6.45, 7) is 2.26. The molecule has 11 heavy (non-hydrogen) atoms. The van der Waals surface area contributed by atoms with E-state index in [1.165, 1.54) is 0 Å². The SMILES string of the molecule is CC(NCC=O)c1cn[nH]n1. The van der Waals surface area contributed by atoms with Crippen molar-refractivity contribution in [1.29, 1.82) is 0 Å². The third kappa shape index (κ3) is 2.12. The molecule has 1 aromatic rings. The summed E-state index contributed by atoms with van der Waals surface area (Å²) in [5.41, 5.74) is 0.812. The summed E-state index contributed by atoms with van der Waals surface area (Å²) in [6, 6.07) is 0.0685. The van der Waals surface area contributed by atoms with Gasteiger partial charge in [0.1, 0.15) is 6.29 Å². The van der Waals surface area contributed by atoms with E-state index in [9.17, 15) is 4.79 Å². The standard InChI is InChI=1S/C6H10N4O/c1-5(7-2-3-11)6-4-8-10-9-6/h3-5,7H,2H2,1H3,(H,8,9,10). The number of hydrogen-bond donors (Lipinski definition) is 2. The number of carbonyl (C=O) groups excluding carboxylic acids is 1. The second-order valence-electron chi connectivity index (χ2n) is 2.19. The highest BCUT2D eigenvalue weighted by Crippen LogP contribution is 2.04. The largest absolute Gasteiger partial charge is 0.302 e. The molecule has 60 valence electrons. The van der Waals surface area contributed by atoms with Crippen molar-refractivity contribution in [2.75, 3.05) is 6.54 Å². The predicted octanol–water partition coefficient (Wildman–Crippen LogP) is -0.346. The normalized spacial score (nSPS) is 12.8. The van der Waals surface area contributed by atoms with E-state index in [1.807, 2.05) is 6.92 Å². The molecule has 5 heteroatoms. The molecule has 0 aromatic carbocycles. The van der Waals surface area contributed by atoms with Crippen molar-refractivity contribution in [1.82, 2.24) is 20.7 Å². The molecule has 0 radical (unpaired) electrons. The van der Waals surface area contributed by atoms with Crippen LogP contribution in [0.25, 0.3) is 0 Å². The van der Waals surface area contributed by atoms with Gasteiger partial charge in [0.2, 0.25) is 0 Å². The number of H-pyrrole nitrogens is 1. The van der Waals surface area contributed by atoms with Crippen LogP contribution in [-0.4, -0.2) is 28.2 Å². The topological polar surface area (TPSA) is 70.7 Å². The van der Waals surface area contributed by atoms with Crippen molar-refractivity contribution in [3.8, 4) is 0 Å². The number of nitrogens with one attached hydrogen (secondary N) is 2. The van der Waals surface area contributed by atoms with Crippen LogP contribution in [0, 0.1) is 0 Å². The van der Waals surface area contributed by atoms with E-state index in [4.69, 9.17) is 0 Å². The fourth-order valence-electron chi connectivity index (χ4n) is 0.749. The minimum atomic E-state index is 0.0685. The first-order valence-corrected chi connectivity index (χ1v) is 3.37. The third-order valence-corrected chi connectivity index (χ3v) is 1.38. The lowest BCUT2D eigenvalue weighted by atomic mass is 10.2. The Bertz CT molecular complexity index is 208. The summed E-state index contributed by atoms with van der Waals surface area (Å²) < 4.78 is 0. The highest BCUT2D eigenvalue weighted by molar-refractivity contribution is 5.51. The molecule has 1 aromatic heterocycles. The van der Waals surface area contributed by atoms with Crippen LogP contribution >= 0.6 is 0 Å². The van der Waals surface area contributed by atoms with E-state index in [2.05, 4.69) is 20.7 Å². The zero-order chi connectivity index (χ0) is 8.10. The number of carbonyl (C=O) groups is 1. The minimum Gasteiger partial charge on any atom is -0.302 e. The Labute approximate surface area is 64.2 Å². The Morgan fingerprint density at radius 1 is 1.91 bits per heavy atom. The van der Waals surface area contributed by atoms with Gasteiger partial charge in [-0.2, -0.15) is 15.4 Å². The van der Waals surface area contributed by atoms with Gasteiger partial charge in [0.15, 0.2) is 0 Å². The predicted molar refractivity (Wildman–Crippen MR) is 38.9 cm³/mol. The van der Waals surface area contributed by atoms with Crippen LogP contribution in [0.1, 0.15) is 18.7 Å². The first-order valence-electron chi connectivity index (χ1n) is 3.37. The molecule has 0 fully saturated rings. The molecule has 1 unspecified atom stereocenters. The molecule has 0 aliphatic rings. The Morgan fingerprint density at radius 3 is 3.27 bits per heavy atom. The van der Waals surface area contributed by atoms with E-state index in [0.717, 1.165) is 12.0 Å². The molecule has 0 amide bonds. The van der Waals surface area contributed by atoms with Gasteiger partial charge in [-0.3, -0.25) is 0 Å². The lowest BCUT2D eigenvalue weighted by Gasteiger charge is -2.05. The van der Waals surface area contributed by atoms with Crippen LogP contribution in [0.5, 0.6) is 0 Å². The molecule has 0 spiro atoms. The Kier molecular flexibility index (Phi) is 2.74. The molecule has 0 aliphatic carbocycles. The van der Waals surface area contributed by atoms with Crippen molar-refractivity contribution in [3.63, 3.8) is 0 Å². The van der Waals surface area contributed by atoms with Gasteiger partial charge >= 0.3 is 0 Å². The molecule has 5 nitrogen and oxygen atoms in total. The van der Waals surface area contributed by atoms with Crippen molar-refractivity contribution in [3.05, 3.63) is 11.9 Å². The monoisotopic (exact) mass is 154 g/mol. The molecular formula is C6H10N4O. The Hall–Kier alpha value is -1.23. The molecule has 2 N–H and O–H groups in total. The number of rotatable bonds is 4. The van der Waals surface area contributed by atoms with Crippen LogP contribution in [0.4, 0.5) is 0 Å². The fraction of sp³-hybridized carbons (Fsp3) is 0.500. The maximum absolute atomic E-state index is 9.97. The zero-order valence-corrected chi connectivity index (χ0v) is 6.24. The maximum Gasteiger partial charge on any atom is 0.133 e. The Balaban J connectivity index is 2.42. The molecule has 1 rings (SSSR count). The first kappa shape index (κ1) is 7.87. The van der Waals surface area contributed by atoms with Gasteiger partial charge in [-0.25, -0.2) is 0 Å². The van der Waals surface area contributed by atoms with Gasteiger partial charge in [0.05, 0.1) is 24.5 Å². The number of nitrogens with zero attached hydrogens (tertiary/aromatic N) is 2. The molecule has 1 atom stereocenters. The van der Waals surface area contributed by atoms with Gasteiger partial charge in [-0.15, -0.1) is 0 Å². The summed E-state index contributed by atoms with van der Waals surface area (Å²) in [7, 11) is 0. The van der Waals surface area contributed by atoms with Gasteiger partial charge in [-0.05, 0) is 6.92 Å². The second-order valence-corrected chi connectivity index (χ2v) is 2.19. The van der Waals surface area contributed by atoms with E-state index in [1.54, 1.807) is 6.20 Å². The van der Waals surface area contributed by atoms with Crippen LogP contribution in [-0.2, 0) is 4.79 Å². The molecule has 0 saturated carbocycles. The number of aromatic nitrogens is 3. The molecular weight excluding hydrogens is 144 g/mol. The maximum atomic E-state index is 9.97. The van der Waals surface area contributed by atoms with Crippen molar-refractivity contribution in [2.24, 2.45) is 0 Å². The average molecular weight is 154 g/mol. The third-order valence-electron chi connectivity index (χ3n) is 1.38. The average Bonchev–Trinajstić information content (AvgIpc) is 2.52. The summed E-state index contributed by atoms with van der Waals surface area (Å²) in [5.74, 6) is 0. The highest BCUT2D eigenvalue weighted by Gasteiger charge is 2.05. The van der Waals surface area contributed by atoms with Gasteiger partial charge in [0, 0.05) is 0 Å². The minimum absolute atomic E-state index is 0.0685. The van der Waals surface area contributed by atoms with Crippen LogP contribution in [0.3, 0.4) is 0 Å². The van der Waals surface area contributed by atoms with Crippen molar-refractivity contribution < 1.29 is 4.79 Å². The lowest BCUT2D eigenvalue weighted by Crippen LogP contribution is -2.20. The fourth-order valence-corrected chi connectivity index (χ4v) is 0.749. The highest BCUT2D eigenvalue weighted by atomic mass is 16.1. The smallest absolute Gasteiger partial charge is 0.133 e. The number of hydrogen-bond acceptors (Lipinski definition) is 4. The van der Waals surface area contributed by atoms with E-state index in [-0.39, 0.29) is 6.04 Å². The lowest BCUT2D eigenvalue weighted by molar-refractivity contribution is -0.107. The first-order chi connectivity index (χ1) is 5.34. The van der Waals surface area contributed by atoms with E-state index in [0.29, 0.717) is 6.54 Å². The van der Waals surface area contributed by atoms with Crippen LogP contribution in [0.2, 0.25) is 0 Å². The molecule has 0 bridgehead atoms. The van der Waals surface area contributed by atoms with E-state index >= 15 is 0 Å². The molecule has 0 saturated heterocycles. The van der Waals surface area contributed by atoms with E-state index < -0.39 is 0 Å². The number of aromatic amines is 1. The van der Waals surface area contributed by atoms with Gasteiger partial charge in [-0.1, -0.05) is 0 Å². The summed E-state index contributed by atoms with van der Waals surface area (Å²) in [5, 5.41) is 12.9. The van der Waals surface area contributed by atoms with Gasteiger partial charge < -0.3 is 10.1 Å². The summed E-state index contributed by atoms with van der Waals surface area (Å²) in [4.78, 5) is 9.97. The second kappa shape index (κ2) is 3.82. The summed E-state index contributed by atoms with van der Waals surface area (Å²) >= 11 is 0. The van der Waals surface area contributed by atoms with Crippen molar-refractivity contribution in [2.45, 2.75) is 13.0 Å². The quantitative estimate of drug-likeness (QED) is 0.582. The van der Waals surface area contributed by atoms with Crippen molar-refractivity contribution >= 4 is 6.29 Å². The van der Waals surface area contributed by atoms with Crippen LogP contribution < -0.4 is 5.32 Å². The van der Waals surface area contributed by atoms with Crippen LogP contribution in [0.15, 0.2) is 6.20 Å². The number of aldehydes is 1. The van der Waals surface area contributed by atoms with Gasteiger partial charge in [0.25, 0.3) is 0 Å². The summed E-state index contributed by atoms with van der Waals surface area (Å²) in [6.07, 6.45) is 2.44. The molecule has 0 aliphatic heterocycles. The zero-order valence-electron chi connectivity index (χ0n) is 6.24. The molecule has 1 heterocycles.